The summed E-state index contributed by atoms with van der Waals surface area (Å²) in [7, 11) is 0. The van der Waals surface area contributed by atoms with E-state index in [0.717, 1.165) is 25.0 Å². The normalized spacial score (nSPS) is 11.8. The van der Waals surface area contributed by atoms with E-state index < -0.39 is 6.03 Å². The van der Waals surface area contributed by atoms with Crippen LogP contribution in [0, 0.1) is 0 Å². The molecule has 100 valence electrons. The van der Waals surface area contributed by atoms with Crippen molar-refractivity contribution >= 4 is 11.7 Å². The zero-order chi connectivity index (χ0) is 13.4. The number of hydrogen-bond donors (Lipinski definition) is 3. The van der Waals surface area contributed by atoms with Crippen LogP contribution in [-0.2, 0) is 0 Å². The van der Waals surface area contributed by atoms with Crippen LogP contribution in [0.4, 0.5) is 10.5 Å². The van der Waals surface area contributed by atoms with E-state index in [-0.39, 0.29) is 6.04 Å². The minimum Gasteiger partial charge on any atom is -0.491 e. The van der Waals surface area contributed by atoms with E-state index in [1.54, 1.807) is 24.3 Å². The molecule has 0 saturated carbocycles. The third kappa shape index (κ3) is 5.43. The maximum atomic E-state index is 10.9. The van der Waals surface area contributed by atoms with E-state index >= 15 is 0 Å². The largest absolute Gasteiger partial charge is 0.491 e. The monoisotopic (exact) mass is 251 g/mol. The van der Waals surface area contributed by atoms with E-state index in [0.29, 0.717) is 12.3 Å². The molecule has 0 aliphatic heterocycles. The molecule has 0 aliphatic carbocycles. The summed E-state index contributed by atoms with van der Waals surface area (Å²) in [5.41, 5.74) is 11.4. The Morgan fingerprint density at radius 2 is 2.06 bits per heavy atom. The molecule has 0 heterocycles. The fraction of sp³-hybridized carbons (Fsp3) is 0.462. The molecule has 5 nitrogen and oxygen atoms in total. The lowest BCUT2D eigenvalue weighted by molar-refractivity contribution is 0.226. The van der Waals surface area contributed by atoms with Crippen LogP contribution in [0.5, 0.6) is 5.75 Å². The van der Waals surface area contributed by atoms with Crippen LogP contribution in [-0.4, -0.2) is 18.7 Å². The van der Waals surface area contributed by atoms with Gasteiger partial charge in [0.2, 0.25) is 0 Å². The molecular weight excluding hydrogens is 230 g/mol. The number of carbonyl (C=O) groups is 1. The summed E-state index contributed by atoms with van der Waals surface area (Å²) in [5, 5.41) is 2.69. The summed E-state index contributed by atoms with van der Waals surface area (Å²) in [6, 6.07) is 6.58. The van der Waals surface area contributed by atoms with Gasteiger partial charge in [-0.3, -0.25) is 0 Å². The van der Waals surface area contributed by atoms with Crippen molar-refractivity contribution in [1.82, 2.24) is 5.32 Å². The highest BCUT2D eigenvalue weighted by Gasteiger charge is 2.10. The quantitative estimate of drug-likeness (QED) is 0.646. The average molecular weight is 251 g/mol. The molecule has 1 aromatic carbocycles. The number of rotatable bonds is 7. The van der Waals surface area contributed by atoms with Gasteiger partial charge in [0.15, 0.2) is 0 Å². The number of amides is 2. The van der Waals surface area contributed by atoms with Crippen LogP contribution >= 0.6 is 0 Å². The van der Waals surface area contributed by atoms with E-state index in [9.17, 15) is 4.79 Å². The third-order valence-electron chi connectivity index (χ3n) is 2.58. The van der Waals surface area contributed by atoms with Gasteiger partial charge in [0.25, 0.3) is 0 Å². The first-order chi connectivity index (χ1) is 8.61. The summed E-state index contributed by atoms with van der Waals surface area (Å²) < 4.78 is 5.60. The highest BCUT2D eigenvalue weighted by Crippen LogP contribution is 2.14. The van der Waals surface area contributed by atoms with Gasteiger partial charge < -0.3 is 21.5 Å². The third-order valence-corrected chi connectivity index (χ3v) is 2.58. The molecule has 1 unspecified atom stereocenters. The number of anilines is 1. The SMILES string of the molecule is CCCCC(COc1ccc(N)cc1)NC(N)=O. The number of nitrogens with two attached hydrogens (primary N) is 2. The molecule has 0 saturated heterocycles. The topological polar surface area (TPSA) is 90.4 Å². The van der Waals surface area contributed by atoms with Crippen LogP contribution in [0.1, 0.15) is 26.2 Å². The van der Waals surface area contributed by atoms with Gasteiger partial charge >= 0.3 is 6.03 Å². The lowest BCUT2D eigenvalue weighted by atomic mass is 10.1. The number of primary amides is 1. The average Bonchev–Trinajstić information content (AvgIpc) is 2.34. The van der Waals surface area contributed by atoms with Crippen molar-refractivity contribution in [2.75, 3.05) is 12.3 Å². The molecular formula is C13H21N3O2. The predicted molar refractivity (Wildman–Crippen MR) is 72.4 cm³/mol. The highest BCUT2D eigenvalue weighted by atomic mass is 16.5. The Labute approximate surface area is 107 Å². The second-order valence-electron chi connectivity index (χ2n) is 4.23. The Morgan fingerprint density at radius 3 is 2.61 bits per heavy atom. The Kier molecular flexibility index (Phi) is 5.84. The zero-order valence-corrected chi connectivity index (χ0v) is 10.7. The van der Waals surface area contributed by atoms with Crippen molar-refractivity contribution in [3.8, 4) is 5.75 Å². The first kappa shape index (κ1) is 14.2. The fourth-order valence-corrected chi connectivity index (χ4v) is 1.61. The first-order valence-electron chi connectivity index (χ1n) is 6.16. The number of unbranched alkanes of at least 4 members (excludes halogenated alkanes) is 1. The molecule has 0 aliphatic rings. The molecule has 2 amide bonds. The summed E-state index contributed by atoms with van der Waals surface area (Å²) in [4.78, 5) is 10.9. The fourth-order valence-electron chi connectivity index (χ4n) is 1.61. The minimum absolute atomic E-state index is 0.0556. The maximum Gasteiger partial charge on any atom is 0.312 e. The molecule has 0 radical (unpaired) electrons. The summed E-state index contributed by atoms with van der Waals surface area (Å²) in [6.45, 7) is 2.51. The van der Waals surface area contributed by atoms with Crippen LogP contribution in [0.3, 0.4) is 0 Å². The van der Waals surface area contributed by atoms with Crippen LogP contribution in [0.15, 0.2) is 24.3 Å². The van der Waals surface area contributed by atoms with E-state index in [1.807, 2.05) is 0 Å². The second-order valence-corrected chi connectivity index (χ2v) is 4.23. The molecule has 0 bridgehead atoms. The van der Waals surface area contributed by atoms with Crippen molar-refractivity contribution in [1.29, 1.82) is 0 Å². The van der Waals surface area contributed by atoms with Gasteiger partial charge in [-0.25, -0.2) is 4.79 Å². The number of benzene rings is 1. The maximum absolute atomic E-state index is 10.9. The van der Waals surface area contributed by atoms with Crippen molar-refractivity contribution in [2.45, 2.75) is 32.2 Å². The predicted octanol–water partition coefficient (Wildman–Crippen LogP) is 1.87. The van der Waals surface area contributed by atoms with Crippen molar-refractivity contribution in [2.24, 2.45) is 5.73 Å². The van der Waals surface area contributed by atoms with Crippen LogP contribution < -0.4 is 21.5 Å². The Bertz CT molecular complexity index is 365. The van der Waals surface area contributed by atoms with E-state index in [4.69, 9.17) is 16.2 Å². The number of nitrogen functional groups attached to an aromatic ring is 1. The molecule has 1 aromatic rings. The van der Waals surface area contributed by atoms with Crippen molar-refractivity contribution in [3.63, 3.8) is 0 Å². The molecule has 1 rings (SSSR count). The summed E-state index contributed by atoms with van der Waals surface area (Å²) in [5.74, 6) is 0.733. The van der Waals surface area contributed by atoms with E-state index in [1.165, 1.54) is 0 Å². The van der Waals surface area contributed by atoms with Gasteiger partial charge in [-0.1, -0.05) is 19.8 Å². The van der Waals surface area contributed by atoms with E-state index in [2.05, 4.69) is 12.2 Å². The molecule has 0 aromatic heterocycles. The molecule has 18 heavy (non-hydrogen) atoms. The number of carbonyl (C=O) groups excluding carboxylic acids is 1. The Hall–Kier alpha value is -1.91. The van der Waals surface area contributed by atoms with Crippen LogP contribution in [0.25, 0.3) is 0 Å². The smallest absolute Gasteiger partial charge is 0.312 e. The summed E-state index contributed by atoms with van der Waals surface area (Å²) in [6.07, 6.45) is 2.95. The molecule has 5 N–H and O–H groups in total. The second kappa shape index (κ2) is 7.42. The van der Waals surface area contributed by atoms with Crippen molar-refractivity contribution < 1.29 is 9.53 Å². The summed E-state index contributed by atoms with van der Waals surface area (Å²) >= 11 is 0. The van der Waals surface area contributed by atoms with Gasteiger partial charge in [0.1, 0.15) is 12.4 Å². The highest BCUT2D eigenvalue weighted by molar-refractivity contribution is 5.71. The van der Waals surface area contributed by atoms with Crippen molar-refractivity contribution in [3.05, 3.63) is 24.3 Å². The molecule has 5 heteroatoms. The molecule has 0 spiro atoms. The number of ether oxygens (including phenoxy) is 1. The lowest BCUT2D eigenvalue weighted by Crippen LogP contribution is -2.42. The van der Waals surface area contributed by atoms with Gasteiger partial charge in [0, 0.05) is 5.69 Å². The minimum atomic E-state index is -0.517. The first-order valence-corrected chi connectivity index (χ1v) is 6.16. The Morgan fingerprint density at radius 1 is 1.39 bits per heavy atom. The van der Waals surface area contributed by atoms with Gasteiger partial charge in [0.05, 0.1) is 6.04 Å². The molecule has 1 atom stereocenters. The number of hydrogen-bond acceptors (Lipinski definition) is 3. The van der Waals surface area contributed by atoms with Crippen LogP contribution in [0.2, 0.25) is 0 Å². The van der Waals surface area contributed by atoms with Gasteiger partial charge in [-0.2, -0.15) is 0 Å². The number of nitrogens with one attached hydrogen (secondary N) is 1. The Balaban J connectivity index is 2.44. The zero-order valence-electron chi connectivity index (χ0n) is 10.7. The lowest BCUT2D eigenvalue weighted by Gasteiger charge is -2.18. The standard InChI is InChI=1S/C13H21N3O2/c1-2-3-4-11(16-13(15)17)9-18-12-7-5-10(14)6-8-12/h5-8,11H,2-4,9,14H2,1H3,(H3,15,16,17). The molecule has 0 fully saturated rings. The van der Waals surface area contributed by atoms with Gasteiger partial charge in [-0.15, -0.1) is 0 Å². The van der Waals surface area contributed by atoms with Gasteiger partial charge in [-0.05, 0) is 30.7 Å². The number of urea groups is 1.